The van der Waals surface area contributed by atoms with Crippen molar-refractivity contribution in [1.29, 1.82) is 0 Å². The Bertz CT molecular complexity index is 1740. The van der Waals surface area contributed by atoms with Crippen LogP contribution in [0.2, 0.25) is 0 Å². The van der Waals surface area contributed by atoms with Gasteiger partial charge in [0.15, 0.2) is 12.0 Å². The van der Waals surface area contributed by atoms with Crippen LogP contribution in [0.25, 0.3) is 28.2 Å². The van der Waals surface area contributed by atoms with E-state index in [1.54, 1.807) is 41.1 Å². The van der Waals surface area contributed by atoms with Crippen molar-refractivity contribution in [3.63, 3.8) is 0 Å². The first-order chi connectivity index (χ1) is 20.0. The molecule has 6 rings (SSSR count). The van der Waals surface area contributed by atoms with E-state index >= 15 is 4.39 Å². The molecule has 0 radical (unpaired) electrons. The summed E-state index contributed by atoms with van der Waals surface area (Å²) in [6.07, 6.45) is 5.48. The fraction of sp³-hybridized carbons (Fsp3) is 0.241. The first-order valence-corrected chi connectivity index (χ1v) is 13.1. The number of hydrogen-bond donors (Lipinski definition) is 1. The van der Waals surface area contributed by atoms with Gasteiger partial charge in [-0.2, -0.15) is 4.73 Å². The zero-order chi connectivity index (χ0) is 28.5. The number of methoxy groups -OCH3 is 1. The smallest absolute Gasteiger partial charge is 0.254 e. The van der Waals surface area contributed by atoms with Gasteiger partial charge in [0, 0.05) is 18.0 Å². The topological polar surface area (TPSA) is 131 Å². The van der Waals surface area contributed by atoms with E-state index in [9.17, 15) is 10.0 Å². The molecule has 4 heterocycles. The van der Waals surface area contributed by atoms with Gasteiger partial charge >= 0.3 is 0 Å². The number of nitrogens with zero attached hydrogens (tertiary/aromatic N) is 6. The maximum absolute atomic E-state index is 15.0. The van der Waals surface area contributed by atoms with Crippen LogP contribution in [0.3, 0.4) is 0 Å². The molecule has 1 fully saturated rings. The molecule has 0 aliphatic heterocycles. The van der Waals surface area contributed by atoms with Gasteiger partial charge in [0.25, 0.3) is 5.91 Å². The van der Waals surface area contributed by atoms with E-state index in [2.05, 4.69) is 25.5 Å². The van der Waals surface area contributed by atoms with Gasteiger partial charge in [-0.25, -0.2) is 14.4 Å². The molecule has 1 aromatic carbocycles. The van der Waals surface area contributed by atoms with E-state index in [-0.39, 0.29) is 34.5 Å². The number of benzene rings is 1. The van der Waals surface area contributed by atoms with Crippen molar-refractivity contribution in [1.82, 2.24) is 30.0 Å². The number of rotatable bonds is 8. The highest BCUT2D eigenvalue weighted by Crippen LogP contribution is 2.39. The third-order valence-corrected chi connectivity index (χ3v) is 7.09. The minimum absolute atomic E-state index is 0.0810. The van der Waals surface area contributed by atoms with E-state index in [1.807, 2.05) is 6.92 Å². The number of pyridine rings is 3. The SMILES string of the molecule is CCOc1ccc(-c2nnc(C3CC(NC(=O)c4cc[n+]([O-])c5cc(OC)cnc45)C3)n2-c2ccccc2F)nc1. The lowest BCUT2D eigenvalue weighted by atomic mass is 9.79. The monoisotopic (exact) mass is 555 g/mol. The van der Waals surface area contributed by atoms with Gasteiger partial charge in [-0.15, -0.1) is 10.2 Å². The molecule has 1 amide bonds. The van der Waals surface area contributed by atoms with Gasteiger partial charge in [0.05, 0.1) is 43.4 Å². The molecule has 0 unspecified atom stereocenters. The molecule has 1 aliphatic carbocycles. The van der Waals surface area contributed by atoms with E-state index in [1.165, 1.54) is 37.7 Å². The number of amides is 1. The number of ether oxygens (including phenoxy) is 2. The van der Waals surface area contributed by atoms with Crippen LogP contribution < -0.4 is 19.5 Å². The maximum Gasteiger partial charge on any atom is 0.254 e. The minimum Gasteiger partial charge on any atom is -0.618 e. The summed E-state index contributed by atoms with van der Waals surface area (Å²) in [5, 5.41) is 24.1. The number of carbonyl (C=O) groups excluding carboxylic acids is 1. The number of fused-ring (bicyclic) bond motifs is 1. The van der Waals surface area contributed by atoms with Crippen molar-refractivity contribution in [3.05, 3.63) is 89.5 Å². The lowest BCUT2D eigenvalue weighted by molar-refractivity contribution is -0.577. The first kappa shape index (κ1) is 26.1. The van der Waals surface area contributed by atoms with E-state index < -0.39 is 5.82 Å². The Morgan fingerprint density at radius 2 is 1.93 bits per heavy atom. The molecule has 1 saturated carbocycles. The average Bonchev–Trinajstić information content (AvgIpc) is 3.39. The summed E-state index contributed by atoms with van der Waals surface area (Å²) in [6.45, 7) is 2.40. The highest BCUT2D eigenvalue weighted by atomic mass is 19.1. The van der Waals surface area contributed by atoms with Crippen molar-refractivity contribution in [2.24, 2.45) is 0 Å². The van der Waals surface area contributed by atoms with Gasteiger partial charge in [0.1, 0.15) is 34.4 Å². The summed E-state index contributed by atoms with van der Waals surface area (Å²) in [4.78, 5) is 21.9. The third-order valence-electron chi connectivity index (χ3n) is 7.09. The largest absolute Gasteiger partial charge is 0.618 e. The predicted molar refractivity (Wildman–Crippen MR) is 146 cm³/mol. The van der Waals surface area contributed by atoms with Crippen LogP contribution in [-0.4, -0.2) is 50.4 Å². The van der Waals surface area contributed by atoms with Gasteiger partial charge < -0.3 is 20.0 Å². The number of halogens is 1. The molecule has 4 aromatic heterocycles. The second-order valence-electron chi connectivity index (χ2n) is 9.62. The Morgan fingerprint density at radius 3 is 2.66 bits per heavy atom. The molecule has 0 bridgehead atoms. The Hall–Kier alpha value is -5.13. The molecular formula is C29H26FN7O4. The average molecular weight is 556 g/mol. The molecule has 0 atom stereocenters. The fourth-order valence-corrected chi connectivity index (χ4v) is 4.98. The molecule has 41 heavy (non-hydrogen) atoms. The van der Waals surface area contributed by atoms with E-state index in [0.717, 1.165) is 0 Å². The highest BCUT2D eigenvalue weighted by molar-refractivity contribution is 6.04. The normalized spacial score (nSPS) is 16.3. The second kappa shape index (κ2) is 10.8. The standard InChI is InChI=1S/C29H26FN7O4/c1-3-41-19-8-9-23(31-15-19)28-35-34-27(37(28)24-7-5-4-6-22(24)30)17-12-18(13-17)33-29(38)21-10-11-36(39)25-14-20(40-2)16-32-26(21)25/h4-11,14-18H,3,12-13H2,1-2H3,(H,33,38). The van der Waals surface area contributed by atoms with Gasteiger partial charge in [-0.3, -0.25) is 9.36 Å². The molecule has 208 valence electrons. The Kier molecular flexibility index (Phi) is 6.88. The lowest BCUT2D eigenvalue weighted by Crippen LogP contribution is -2.44. The predicted octanol–water partition coefficient (Wildman–Crippen LogP) is 3.73. The number of aromatic nitrogens is 6. The van der Waals surface area contributed by atoms with Crippen LogP contribution in [0.4, 0.5) is 4.39 Å². The number of hydrogen-bond acceptors (Lipinski definition) is 8. The van der Waals surface area contributed by atoms with Crippen LogP contribution in [0.5, 0.6) is 11.5 Å². The lowest BCUT2D eigenvalue weighted by Gasteiger charge is -2.35. The zero-order valence-electron chi connectivity index (χ0n) is 22.3. The Balaban J connectivity index is 1.24. The summed E-state index contributed by atoms with van der Waals surface area (Å²) in [5.41, 5.74) is 1.64. The van der Waals surface area contributed by atoms with E-state index in [4.69, 9.17) is 9.47 Å². The van der Waals surface area contributed by atoms with Crippen LogP contribution in [-0.2, 0) is 0 Å². The third kappa shape index (κ3) is 4.88. The van der Waals surface area contributed by atoms with Gasteiger partial charge in [0.2, 0.25) is 5.52 Å². The second-order valence-corrected chi connectivity index (χ2v) is 9.62. The summed E-state index contributed by atoms with van der Waals surface area (Å²) >= 11 is 0. The minimum atomic E-state index is -0.416. The van der Waals surface area contributed by atoms with Crippen LogP contribution in [0.1, 0.15) is 41.9 Å². The van der Waals surface area contributed by atoms with Crippen molar-refractivity contribution < 1.29 is 23.4 Å². The van der Waals surface area contributed by atoms with E-state index in [0.29, 0.717) is 58.7 Å². The maximum atomic E-state index is 15.0. The molecule has 12 heteroatoms. The number of para-hydroxylation sites is 1. The Labute approximate surface area is 234 Å². The summed E-state index contributed by atoms with van der Waals surface area (Å²) in [6, 6.07) is 12.8. The van der Waals surface area contributed by atoms with Crippen molar-refractivity contribution >= 4 is 16.9 Å². The quantitative estimate of drug-likeness (QED) is 0.226. The van der Waals surface area contributed by atoms with Crippen LogP contribution >= 0.6 is 0 Å². The fourth-order valence-electron chi connectivity index (χ4n) is 4.98. The summed E-state index contributed by atoms with van der Waals surface area (Å²) < 4.78 is 28.0. The molecular weight excluding hydrogens is 529 g/mol. The van der Waals surface area contributed by atoms with Crippen molar-refractivity contribution in [2.45, 2.75) is 31.7 Å². The molecule has 5 aromatic rings. The molecule has 0 saturated heterocycles. The van der Waals surface area contributed by atoms with Crippen molar-refractivity contribution in [3.8, 4) is 28.7 Å². The molecule has 1 N–H and O–H groups in total. The van der Waals surface area contributed by atoms with Gasteiger partial charge in [-0.1, -0.05) is 12.1 Å². The first-order valence-electron chi connectivity index (χ1n) is 13.1. The van der Waals surface area contributed by atoms with Crippen LogP contribution in [0, 0.1) is 11.0 Å². The molecule has 0 spiro atoms. The number of carbonyl (C=O) groups is 1. The molecule has 1 aliphatic rings. The van der Waals surface area contributed by atoms with Crippen molar-refractivity contribution in [2.75, 3.05) is 13.7 Å². The zero-order valence-corrected chi connectivity index (χ0v) is 22.3. The van der Waals surface area contributed by atoms with Crippen LogP contribution in [0.15, 0.2) is 67.1 Å². The summed E-state index contributed by atoms with van der Waals surface area (Å²) in [7, 11) is 1.48. The number of nitrogens with one attached hydrogen (secondary N) is 1. The highest BCUT2D eigenvalue weighted by Gasteiger charge is 2.37. The Morgan fingerprint density at radius 1 is 1.12 bits per heavy atom. The van der Waals surface area contributed by atoms with Gasteiger partial charge in [-0.05, 0) is 44.0 Å². The molecule has 11 nitrogen and oxygen atoms in total. The summed E-state index contributed by atoms with van der Waals surface area (Å²) in [5.74, 6) is 1.19.